The van der Waals surface area contributed by atoms with E-state index in [2.05, 4.69) is 6.58 Å². The molecule has 2 aliphatic heterocycles. The van der Waals surface area contributed by atoms with Crippen LogP contribution >= 0.6 is 11.8 Å². The summed E-state index contributed by atoms with van der Waals surface area (Å²) in [6.45, 7) is 3.78. The number of amides is 1. The Kier molecular flexibility index (Phi) is 5.56. The summed E-state index contributed by atoms with van der Waals surface area (Å²) in [4.78, 5) is 27.2. The topological polar surface area (TPSA) is 72.6 Å². The average Bonchev–Trinajstić information content (AvgIpc) is 2.77. The molecule has 2 N–H and O–H groups in total. The maximum absolute atomic E-state index is 13.3. The van der Waals surface area contributed by atoms with Gasteiger partial charge in [0.2, 0.25) is 5.91 Å². The van der Waals surface area contributed by atoms with Gasteiger partial charge in [0.25, 0.3) is 0 Å². The third-order valence-electron chi connectivity index (χ3n) is 5.10. The van der Waals surface area contributed by atoms with E-state index in [4.69, 9.17) is 10.5 Å². The number of hydrogen-bond donors (Lipinski definition) is 1. The molecule has 0 aromatic heterocycles. The Morgan fingerprint density at radius 2 is 1.76 bits per heavy atom. The molecule has 0 spiro atoms. The second kappa shape index (κ2) is 8.27. The Balaban J connectivity index is 1.69. The summed E-state index contributed by atoms with van der Waals surface area (Å²) >= 11 is 1.57. The highest BCUT2D eigenvalue weighted by molar-refractivity contribution is 8.00. The van der Waals surface area contributed by atoms with E-state index in [9.17, 15) is 9.59 Å². The molecule has 2 aromatic rings. The molecule has 148 valence electrons. The van der Waals surface area contributed by atoms with Gasteiger partial charge in [0.15, 0.2) is 6.10 Å². The number of esters is 1. The number of nitrogens with two attached hydrogens (primary N) is 1. The van der Waals surface area contributed by atoms with Crippen molar-refractivity contribution in [3.63, 3.8) is 0 Å². The molecule has 1 unspecified atom stereocenters. The van der Waals surface area contributed by atoms with Gasteiger partial charge in [0.1, 0.15) is 17.1 Å². The first-order valence-corrected chi connectivity index (χ1v) is 10.5. The lowest BCUT2D eigenvalue weighted by Crippen LogP contribution is -2.68. The molecular weight excluding hydrogens is 384 g/mol. The summed E-state index contributed by atoms with van der Waals surface area (Å²) < 4.78 is 6.00. The van der Waals surface area contributed by atoms with Crippen LogP contribution in [-0.4, -0.2) is 33.9 Å². The van der Waals surface area contributed by atoms with E-state index < -0.39 is 18.1 Å². The number of carbonyl (C=O) groups excluding carboxylic acids is 2. The number of allylic oxidation sites excluding steroid dienone is 1. The first-order chi connectivity index (χ1) is 14.1. The van der Waals surface area contributed by atoms with Crippen LogP contribution < -0.4 is 5.73 Å². The van der Waals surface area contributed by atoms with Crippen LogP contribution in [0.4, 0.5) is 0 Å². The van der Waals surface area contributed by atoms with Crippen molar-refractivity contribution in [2.75, 3.05) is 5.75 Å². The van der Waals surface area contributed by atoms with Crippen molar-refractivity contribution in [1.29, 1.82) is 0 Å². The van der Waals surface area contributed by atoms with Crippen LogP contribution in [0.3, 0.4) is 0 Å². The fourth-order valence-corrected chi connectivity index (χ4v) is 4.95. The maximum atomic E-state index is 13.3. The van der Waals surface area contributed by atoms with Gasteiger partial charge in [-0.2, -0.15) is 0 Å². The van der Waals surface area contributed by atoms with E-state index in [1.807, 2.05) is 60.7 Å². The van der Waals surface area contributed by atoms with Crippen LogP contribution in [0.2, 0.25) is 0 Å². The third kappa shape index (κ3) is 3.61. The molecular formula is C23H22N2O3S. The highest BCUT2D eigenvalue weighted by Gasteiger charge is 2.52. The number of nitrogens with zero attached hydrogens (tertiary/aromatic N) is 1. The Morgan fingerprint density at radius 3 is 2.31 bits per heavy atom. The summed E-state index contributed by atoms with van der Waals surface area (Å²) in [6.07, 6.45) is 1.69. The van der Waals surface area contributed by atoms with E-state index in [0.29, 0.717) is 17.9 Å². The molecule has 2 aromatic carbocycles. The van der Waals surface area contributed by atoms with Crippen molar-refractivity contribution < 1.29 is 14.3 Å². The van der Waals surface area contributed by atoms with Crippen LogP contribution in [0, 0.1) is 0 Å². The smallest absolute Gasteiger partial charge is 0.356 e. The molecule has 1 fully saturated rings. The fourth-order valence-electron chi connectivity index (χ4n) is 3.65. The highest BCUT2D eigenvalue weighted by atomic mass is 32.2. The van der Waals surface area contributed by atoms with Crippen molar-refractivity contribution in [3.05, 3.63) is 95.7 Å². The predicted octanol–water partition coefficient (Wildman–Crippen LogP) is 3.39. The Morgan fingerprint density at radius 1 is 1.17 bits per heavy atom. The number of rotatable bonds is 6. The summed E-state index contributed by atoms with van der Waals surface area (Å²) in [6, 6.07) is 18.6. The largest absolute Gasteiger partial charge is 0.448 e. The number of thioether (sulfide) groups is 1. The van der Waals surface area contributed by atoms with Crippen LogP contribution in [0.1, 0.15) is 23.7 Å². The summed E-state index contributed by atoms with van der Waals surface area (Å²) in [7, 11) is 0. The lowest BCUT2D eigenvalue weighted by molar-refractivity contribution is -0.153. The Labute approximate surface area is 174 Å². The van der Waals surface area contributed by atoms with Gasteiger partial charge in [-0.05, 0) is 23.1 Å². The summed E-state index contributed by atoms with van der Waals surface area (Å²) in [5, 5.41) is -0.217. The lowest BCUT2D eigenvalue weighted by Gasteiger charge is -2.48. The molecule has 0 aliphatic carbocycles. The second-order valence-electron chi connectivity index (χ2n) is 6.99. The van der Waals surface area contributed by atoms with E-state index >= 15 is 0 Å². The molecule has 1 amide bonds. The van der Waals surface area contributed by atoms with Crippen molar-refractivity contribution >= 4 is 23.6 Å². The van der Waals surface area contributed by atoms with Gasteiger partial charge in [-0.3, -0.25) is 9.69 Å². The van der Waals surface area contributed by atoms with Gasteiger partial charge in [0.05, 0.1) is 0 Å². The van der Waals surface area contributed by atoms with Crippen molar-refractivity contribution in [3.8, 4) is 0 Å². The summed E-state index contributed by atoms with van der Waals surface area (Å²) in [5.74, 6) is -0.128. The van der Waals surface area contributed by atoms with Crippen LogP contribution in [0.25, 0.3) is 0 Å². The van der Waals surface area contributed by atoms with Gasteiger partial charge >= 0.3 is 5.97 Å². The summed E-state index contributed by atoms with van der Waals surface area (Å²) in [5.41, 5.74) is 8.82. The minimum absolute atomic E-state index is 0.217. The van der Waals surface area contributed by atoms with Crippen molar-refractivity contribution in [2.24, 2.45) is 5.73 Å². The number of hydrogen-bond acceptors (Lipinski definition) is 5. The molecule has 0 bridgehead atoms. The van der Waals surface area contributed by atoms with Gasteiger partial charge in [-0.1, -0.05) is 66.7 Å². The van der Waals surface area contributed by atoms with Gasteiger partial charge < -0.3 is 10.5 Å². The number of ether oxygens (including phenoxy) is 1. The van der Waals surface area contributed by atoms with E-state index in [1.54, 1.807) is 17.8 Å². The Bertz CT molecular complexity index is 919. The SMILES string of the molecule is C=CCC1=C(C(=O)OC(c2ccccc2)c2ccccc2)N2C(=O)C(N)[C@H]2SC1. The monoisotopic (exact) mass is 406 g/mol. The van der Waals surface area contributed by atoms with E-state index in [0.717, 1.165) is 16.7 Å². The molecule has 0 saturated carbocycles. The molecule has 1 saturated heterocycles. The third-order valence-corrected chi connectivity index (χ3v) is 6.46. The van der Waals surface area contributed by atoms with Gasteiger partial charge in [0, 0.05) is 5.75 Å². The minimum Gasteiger partial charge on any atom is -0.448 e. The lowest BCUT2D eigenvalue weighted by atomic mass is 10.0. The molecule has 6 heteroatoms. The quantitative estimate of drug-likeness (QED) is 0.452. The number of carbonyl (C=O) groups is 2. The van der Waals surface area contributed by atoms with Crippen molar-refractivity contribution in [1.82, 2.24) is 4.90 Å². The molecule has 0 radical (unpaired) electrons. The zero-order valence-corrected chi connectivity index (χ0v) is 16.7. The average molecular weight is 407 g/mol. The molecule has 2 heterocycles. The fraction of sp³-hybridized carbons (Fsp3) is 0.217. The minimum atomic E-state index is -0.577. The zero-order chi connectivity index (χ0) is 20.4. The first-order valence-electron chi connectivity index (χ1n) is 9.46. The number of fused-ring (bicyclic) bond motifs is 1. The molecule has 2 aliphatic rings. The van der Waals surface area contributed by atoms with Gasteiger partial charge in [-0.25, -0.2) is 4.79 Å². The molecule has 29 heavy (non-hydrogen) atoms. The van der Waals surface area contributed by atoms with Crippen LogP contribution in [-0.2, 0) is 14.3 Å². The normalized spacial score (nSPS) is 20.9. The molecule has 4 rings (SSSR count). The van der Waals surface area contributed by atoms with Crippen molar-refractivity contribution in [2.45, 2.75) is 23.9 Å². The highest BCUT2D eigenvalue weighted by Crippen LogP contribution is 2.41. The Hall–Kier alpha value is -2.83. The van der Waals surface area contributed by atoms with Crippen LogP contribution in [0.15, 0.2) is 84.6 Å². The first kappa shape index (κ1) is 19.5. The zero-order valence-electron chi connectivity index (χ0n) is 15.9. The predicted molar refractivity (Wildman–Crippen MR) is 114 cm³/mol. The maximum Gasteiger partial charge on any atom is 0.356 e. The van der Waals surface area contributed by atoms with Gasteiger partial charge in [-0.15, -0.1) is 18.3 Å². The molecule has 2 atom stereocenters. The number of benzene rings is 2. The van der Waals surface area contributed by atoms with E-state index in [1.165, 1.54) is 4.90 Å². The second-order valence-corrected chi connectivity index (χ2v) is 8.09. The van der Waals surface area contributed by atoms with E-state index in [-0.39, 0.29) is 11.3 Å². The standard InChI is InChI=1S/C23H22N2O3S/c1-2-9-17-14-29-22-18(24)21(26)25(22)19(17)23(27)28-20(15-10-5-3-6-11-15)16-12-7-4-8-13-16/h2-8,10-13,18,20,22H,1,9,14,24H2/t18?,22-/m1/s1. The number of β-lactam (4-membered cyclic amide) rings is 1. The molecule has 5 nitrogen and oxygen atoms in total. The van der Waals surface area contributed by atoms with Crippen LogP contribution in [0.5, 0.6) is 0 Å².